The number of hydrogen-bond acceptors (Lipinski definition) is 2. The Balaban J connectivity index is 1.87. The Hall–Kier alpha value is -1.19. The maximum atomic E-state index is 13.2. The van der Waals surface area contributed by atoms with Gasteiger partial charge in [0.25, 0.3) is 0 Å². The Morgan fingerprint density at radius 2 is 2.25 bits per heavy atom. The summed E-state index contributed by atoms with van der Waals surface area (Å²) in [6.45, 7) is 3.60. The smallest absolute Gasteiger partial charge is 0.123 e. The van der Waals surface area contributed by atoms with Crippen molar-refractivity contribution < 1.29 is 4.39 Å². The maximum absolute atomic E-state index is 13.2. The molecule has 110 valence electrons. The van der Waals surface area contributed by atoms with Crippen molar-refractivity contribution in [2.45, 2.75) is 44.6 Å². The molecular weight excluding hydrogens is 251 g/mol. The molecule has 0 heterocycles. The summed E-state index contributed by atoms with van der Waals surface area (Å²) < 4.78 is 13.2. The van der Waals surface area contributed by atoms with Gasteiger partial charge in [-0.1, -0.05) is 23.8 Å². The van der Waals surface area contributed by atoms with Gasteiger partial charge in [0.1, 0.15) is 5.82 Å². The molecule has 2 nitrogen and oxygen atoms in total. The van der Waals surface area contributed by atoms with Gasteiger partial charge in [0, 0.05) is 12.1 Å². The highest BCUT2D eigenvalue weighted by molar-refractivity contribution is 5.19. The monoisotopic (exact) mass is 276 g/mol. The highest BCUT2D eigenvalue weighted by Gasteiger charge is 2.22. The van der Waals surface area contributed by atoms with E-state index in [1.807, 2.05) is 6.07 Å². The van der Waals surface area contributed by atoms with Crippen molar-refractivity contribution in [1.29, 1.82) is 0 Å². The van der Waals surface area contributed by atoms with Crippen molar-refractivity contribution in [2.75, 3.05) is 13.1 Å². The molecule has 1 aromatic rings. The fourth-order valence-corrected chi connectivity index (χ4v) is 2.79. The molecule has 0 spiro atoms. The second-order valence-electron chi connectivity index (χ2n) is 6.00. The molecule has 3 heteroatoms. The highest BCUT2D eigenvalue weighted by atomic mass is 19.1. The first-order chi connectivity index (χ1) is 9.61. The molecule has 0 saturated carbocycles. The lowest BCUT2D eigenvalue weighted by Gasteiger charge is -2.30. The minimum absolute atomic E-state index is 0.174. The van der Waals surface area contributed by atoms with Crippen molar-refractivity contribution in [1.82, 2.24) is 5.32 Å². The molecular formula is C17H25FN2. The predicted octanol–water partition coefficient (Wildman–Crippen LogP) is 3.18. The Kier molecular flexibility index (Phi) is 5.32. The number of allylic oxidation sites excluding steroid dienone is 1. The molecule has 0 fully saturated rings. The van der Waals surface area contributed by atoms with Crippen LogP contribution in [0.15, 0.2) is 35.9 Å². The van der Waals surface area contributed by atoms with Gasteiger partial charge in [-0.05, 0) is 63.3 Å². The van der Waals surface area contributed by atoms with Crippen LogP contribution in [-0.2, 0) is 6.42 Å². The van der Waals surface area contributed by atoms with Crippen LogP contribution in [0.5, 0.6) is 0 Å². The number of nitrogens with two attached hydrogens (primary N) is 1. The predicted molar refractivity (Wildman–Crippen MR) is 82.1 cm³/mol. The second kappa shape index (κ2) is 7.00. The van der Waals surface area contributed by atoms with Crippen molar-refractivity contribution in [3.8, 4) is 0 Å². The van der Waals surface area contributed by atoms with Gasteiger partial charge >= 0.3 is 0 Å². The molecule has 1 atom stereocenters. The minimum atomic E-state index is -0.182. The van der Waals surface area contributed by atoms with E-state index in [4.69, 9.17) is 5.73 Å². The third-order valence-corrected chi connectivity index (χ3v) is 4.07. The number of hydrogen-bond donors (Lipinski definition) is 2. The summed E-state index contributed by atoms with van der Waals surface area (Å²) in [6.07, 6.45) is 7.97. The van der Waals surface area contributed by atoms with Crippen LogP contribution in [0, 0.1) is 5.82 Å². The van der Waals surface area contributed by atoms with E-state index in [1.54, 1.807) is 17.7 Å². The van der Waals surface area contributed by atoms with Crippen LogP contribution >= 0.6 is 0 Å². The van der Waals surface area contributed by atoms with Crippen LogP contribution in [0.1, 0.15) is 38.2 Å². The van der Waals surface area contributed by atoms with E-state index in [1.165, 1.54) is 25.3 Å². The molecule has 1 aliphatic rings. The fraction of sp³-hybridized carbons (Fsp3) is 0.529. The number of benzene rings is 1. The second-order valence-corrected chi connectivity index (χ2v) is 6.00. The molecule has 1 aliphatic carbocycles. The Labute approximate surface area is 121 Å². The largest absolute Gasteiger partial charge is 0.329 e. The van der Waals surface area contributed by atoms with Gasteiger partial charge in [-0.3, -0.25) is 0 Å². The standard InChI is InChI=1S/C17H25FN2/c1-17(13-19,12-15-7-4-8-16(18)11-15)20-10-9-14-5-2-3-6-14/h4-5,7-8,11,20H,2-3,6,9-10,12-13,19H2,1H3. The van der Waals surface area contributed by atoms with Crippen molar-refractivity contribution >= 4 is 0 Å². The average molecular weight is 276 g/mol. The lowest BCUT2D eigenvalue weighted by molar-refractivity contribution is 0.363. The molecule has 1 aromatic carbocycles. The van der Waals surface area contributed by atoms with Crippen molar-refractivity contribution in [3.05, 3.63) is 47.3 Å². The first kappa shape index (κ1) is 15.2. The Morgan fingerprint density at radius 3 is 2.90 bits per heavy atom. The molecule has 20 heavy (non-hydrogen) atoms. The molecule has 0 saturated heterocycles. The molecule has 2 rings (SSSR count). The molecule has 0 radical (unpaired) electrons. The Bertz CT molecular complexity index is 470. The quantitative estimate of drug-likeness (QED) is 0.751. The van der Waals surface area contributed by atoms with Gasteiger partial charge in [-0.15, -0.1) is 0 Å². The summed E-state index contributed by atoms with van der Waals surface area (Å²) in [7, 11) is 0. The first-order valence-electron chi connectivity index (χ1n) is 7.49. The van der Waals surface area contributed by atoms with Gasteiger partial charge in [-0.25, -0.2) is 4.39 Å². The highest BCUT2D eigenvalue weighted by Crippen LogP contribution is 2.20. The summed E-state index contributed by atoms with van der Waals surface area (Å²) in [4.78, 5) is 0. The zero-order chi connectivity index (χ0) is 14.4. The SMILES string of the molecule is CC(CN)(Cc1cccc(F)c1)NCCC1=CCCC1. The van der Waals surface area contributed by atoms with Crippen molar-refractivity contribution in [2.24, 2.45) is 5.73 Å². The molecule has 0 amide bonds. The van der Waals surface area contributed by atoms with E-state index >= 15 is 0 Å². The van der Waals surface area contributed by atoms with Crippen LogP contribution in [0.2, 0.25) is 0 Å². The summed E-state index contributed by atoms with van der Waals surface area (Å²) in [5, 5.41) is 3.55. The molecule has 1 unspecified atom stereocenters. The zero-order valence-corrected chi connectivity index (χ0v) is 12.3. The zero-order valence-electron chi connectivity index (χ0n) is 12.3. The summed E-state index contributed by atoms with van der Waals surface area (Å²) >= 11 is 0. The van der Waals surface area contributed by atoms with E-state index in [0.29, 0.717) is 6.54 Å². The fourth-order valence-electron chi connectivity index (χ4n) is 2.79. The van der Waals surface area contributed by atoms with Crippen LogP contribution in [0.3, 0.4) is 0 Å². The lowest BCUT2D eigenvalue weighted by Crippen LogP contribution is -2.50. The van der Waals surface area contributed by atoms with Crippen LogP contribution in [0.25, 0.3) is 0 Å². The molecule has 0 aliphatic heterocycles. The van der Waals surface area contributed by atoms with E-state index < -0.39 is 0 Å². The molecule has 3 N–H and O–H groups in total. The molecule has 0 aromatic heterocycles. The number of rotatable bonds is 7. The van der Waals surface area contributed by atoms with E-state index in [0.717, 1.165) is 24.9 Å². The average Bonchev–Trinajstić information content (AvgIpc) is 2.92. The summed E-state index contributed by atoms with van der Waals surface area (Å²) in [5.41, 5.74) is 8.29. The van der Waals surface area contributed by atoms with E-state index in [9.17, 15) is 4.39 Å². The molecule has 0 bridgehead atoms. The summed E-state index contributed by atoms with van der Waals surface area (Å²) in [6, 6.07) is 6.78. The maximum Gasteiger partial charge on any atom is 0.123 e. The third-order valence-electron chi connectivity index (χ3n) is 4.07. The van der Waals surface area contributed by atoms with Crippen molar-refractivity contribution in [3.63, 3.8) is 0 Å². The van der Waals surface area contributed by atoms with Gasteiger partial charge in [-0.2, -0.15) is 0 Å². The van der Waals surface area contributed by atoms with Gasteiger partial charge in [0.15, 0.2) is 0 Å². The van der Waals surface area contributed by atoms with Gasteiger partial charge in [0.2, 0.25) is 0 Å². The van der Waals surface area contributed by atoms with Crippen LogP contribution in [-0.4, -0.2) is 18.6 Å². The van der Waals surface area contributed by atoms with Crippen LogP contribution in [0.4, 0.5) is 4.39 Å². The minimum Gasteiger partial charge on any atom is -0.329 e. The van der Waals surface area contributed by atoms with Gasteiger partial charge in [0.05, 0.1) is 0 Å². The van der Waals surface area contributed by atoms with E-state index in [-0.39, 0.29) is 11.4 Å². The number of nitrogens with one attached hydrogen (secondary N) is 1. The Morgan fingerprint density at radius 1 is 1.40 bits per heavy atom. The lowest BCUT2D eigenvalue weighted by atomic mass is 9.92. The number of halogens is 1. The summed E-state index contributed by atoms with van der Waals surface area (Å²) in [5.74, 6) is -0.182. The van der Waals surface area contributed by atoms with E-state index in [2.05, 4.69) is 18.3 Å². The first-order valence-corrected chi connectivity index (χ1v) is 7.49. The van der Waals surface area contributed by atoms with Gasteiger partial charge < -0.3 is 11.1 Å². The third kappa shape index (κ3) is 4.43. The topological polar surface area (TPSA) is 38.0 Å². The van der Waals surface area contributed by atoms with Crippen LogP contribution < -0.4 is 11.1 Å². The normalized spacial score (nSPS) is 17.9.